The van der Waals surface area contributed by atoms with Crippen LogP contribution in [0.2, 0.25) is 0 Å². The maximum Gasteiger partial charge on any atom is 0.237 e. The molecule has 0 saturated carbocycles. The van der Waals surface area contributed by atoms with Gasteiger partial charge in [-0.15, -0.1) is 11.3 Å². The Kier molecular flexibility index (Phi) is 5.27. The Morgan fingerprint density at radius 1 is 1.38 bits per heavy atom. The van der Waals surface area contributed by atoms with E-state index in [0.29, 0.717) is 5.92 Å². The first-order valence-corrected chi connectivity index (χ1v) is 8.95. The maximum atomic E-state index is 12.0. The molecule has 1 aromatic rings. The Bertz CT molecular complexity index is 434. The molecule has 2 N–H and O–H groups in total. The van der Waals surface area contributed by atoms with Crippen LogP contribution in [0, 0.1) is 5.92 Å². The van der Waals surface area contributed by atoms with Gasteiger partial charge in [0.05, 0.1) is 6.04 Å². The molecule has 0 aliphatic carbocycles. The summed E-state index contributed by atoms with van der Waals surface area (Å²) in [7, 11) is 0. The Labute approximate surface area is 130 Å². The Morgan fingerprint density at radius 2 is 2.24 bits per heavy atom. The van der Waals surface area contributed by atoms with Gasteiger partial charge in [0.2, 0.25) is 5.91 Å². The number of carbonyl (C=O) groups is 1. The predicted molar refractivity (Wildman–Crippen MR) is 86.4 cm³/mol. The lowest BCUT2D eigenvalue weighted by Gasteiger charge is -2.31. The number of nitrogens with one attached hydrogen (secondary N) is 2. The Morgan fingerprint density at radius 3 is 2.90 bits per heavy atom. The number of rotatable bonds is 5. The SMILES string of the molecule is O=C(NCC1CCN(Cc2cccs2)CC1)C1CCCN1. The van der Waals surface area contributed by atoms with Gasteiger partial charge in [-0.25, -0.2) is 0 Å². The van der Waals surface area contributed by atoms with Crippen LogP contribution < -0.4 is 10.6 Å². The summed E-state index contributed by atoms with van der Waals surface area (Å²) < 4.78 is 0. The quantitative estimate of drug-likeness (QED) is 0.872. The van der Waals surface area contributed by atoms with Gasteiger partial charge < -0.3 is 10.6 Å². The molecule has 1 amide bonds. The third kappa shape index (κ3) is 4.28. The van der Waals surface area contributed by atoms with E-state index < -0.39 is 0 Å². The topological polar surface area (TPSA) is 44.4 Å². The van der Waals surface area contributed by atoms with Crippen LogP contribution >= 0.6 is 11.3 Å². The fourth-order valence-corrected chi connectivity index (χ4v) is 3.99. The number of amides is 1. The number of hydrogen-bond donors (Lipinski definition) is 2. The highest BCUT2D eigenvalue weighted by Gasteiger charge is 2.24. The summed E-state index contributed by atoms with van der Waals surface area (Å²) in [6.07, 6.45) is 4.51. The van der Waals surface area contributed by atoms with Crippen LogP contribution in [0.1, 0.15) is 30.6 Å². The number of piperidine rings is 1. The van der Waals surface area contributed by atoms with E-state index in [1.54, 1.807) is 0 Å². The summed E-state index contributed by atoms with van der Waals surface area (Å²) in [5.74, 6) is 0.850. The summed E-state index contributed by atoms with van der Waals surface area (Å²) in [5, 5.41) is 8.54. The van der Waals surface area contributed by atoms with Crippen molar-refractivity contribution >= 4 is 17.2 Å². The molecule has 0 aromatic carbocycles. The minimum Gasteiger partial charge on any atom is -0.354 e. The van der Waals surface area contributed by atoms with Crippen LogP contribution in [-0.2, 0) is 11.3 Å². The van der Waals surface area contributed by atoms with Crippen molar-refractivity contribution in [3.63, 3.8) is 0 Å². The standard InChI is InChI=1S/C16H25N3OS/c20-16(15-4-1-7-17-15)18-11-13-5-8-19(9-6-13)12-14-3-2-10-21-14/h2-3,10,13,15,17H,1,4-9,11-12H2,(H,18,20). The lowest BCUT2D eigenvalue weighted by atomic mass is 9.96. The van der Waals surface area contributed by atoms with E-state index in [1.165, 1.54) is 17.7 Å². The van der Waals surface area contributed by atoms with Crippen molar-refractivity contribution in [3.05, 3.63) is 22.4 Å². The third-order valence-electron chi connectivity index (χ3n) is 4.61. The summed E-state index contributed by atoms with van der Waals surface area (Å²) in [6, 6.07) is 4.40. The monoisotopic (exact) mass is 307 g/mol. The second-order valence-electron chi connectivity index (χ2n) is 6.19. The van der Waals surface area contributed by atoms with E-state index in [2.05, 4.69) is 33.0 Å². The molecule has 1 unspecified atom stereocenters. The molecule has 0 bridgehead atoms. The number of nitrogens with zero attached hydrogens (tertiary/aromatic N) is 1. The number of carbonyl (C=O) groups excluding carboxylic acids is 1. The Hall–Kier alpha value is -0.910. The molecule has 21 heavy (non-hydrogen) atoms. The zero-order valence-corrected chi connectivity index (χ0v) is 13.3. The molecule has 0 spiro atoms. The molecule has 2 fully saturated rings. The minimum absolute atomic E-state index is 0.0592. The van der Waals surface area contributed by atoms with Crippen molar-refractivity contribution in [2.75, 3.05) is 26.2 Å². The van der Waals surface area contributed by atoms with Crippen LogP contribution in [0.5, 0.6) is 0 Å². The highest BCUT2D eigenvalue weighted by Crippen LogP contribution is 2.20. The molecule has 2 aliphatic heterocycles. The smallest absolute Gasteiger partial charge is 0.237 e. The van der Waals surface area contributed by atoms with Crippen LogP contribution in [0.3, 0.4) is 0 Å². The summed E-state index contributed by atoms with van der Waals surface area (Å²) in [4.78, 5) is 16.0. The van der Waals surface area contributed by atoms with Gasteiger partial charge in [0.1, 0.15) is 0 Å². The van der Waals surface area contributed by atoms with E-state index in [-0.39, 0.29) is 11.9 Å². The van der Waals surface area contributed by atoms with Gasteiger partial charge in [0.25, 0.3) is 0 Å². The van der Waals surface area contributed by atoms with E-state index in [0.717, 1.165) is 45.6 Å². The fraction of sp³-hybridized carbons (Fsp3) is 0.688. The van der Waals surface area contributed by atoms with Crippen molar-refractivity contribution in [1.29, 1.82) is 0 Å². The van der Waals surface area contributed by atoms with Gasteiger partial charge in [0.15, 0.2) is 0 Å². The van der Waals surface area contributed by atoms with Crippen LogP contribution in [0.4, 0.5) is 0 Å². The average molecular weight is 307 g/mol. The molecular weight excluding hydrogens is 282 g/mol. The molecular formula is C16H25N3OS. The van der Waals surface area contributed by atoms with E-state index >= 15 is 0 Å². The summed E-state index contributed by atoms with van der Waals surface area (Å²) in [5.41, 5.74) is 0. The third-order valence-corrected chi connectivity index (χ3v) is 5.47. The highest BCUT2D eigenvalue weighted by atomic mass is 32.1. The number of hydrogen-bond acceptors (Lipinski definition) is 4. The first-order chi connectivity index (χ1) is 10.3. The van der Waals surface area contributed by atoms with Gasteiger partial charge >= 0.3 is 0 Å². The van der Waals surface area contributed by atoms with Crippen molar-refractivity contribution in [2.45, 2.75) is 38.3 Å². The van der Waals surface area contributed by atoms with Gasteiger partial charge in [-0.2, -0.15) is 0 Å². The van der Waals surface area contributed by atoms with E-state index in [1.807, 2.05) is 11.3 Å². The maximum absolute atomic E-state index is 12.0. The summed E-state index contributed by atoms with van der Waals surface area (Å²) >= 11 is 1.84. The zero-order valence-electron chi connectivity index (χ0n) is 12.5. The second-order valence-corrected chi connectivity index (χ2v) is 7.23. The molecule has 0 radical (unpaired) electrons. The van der Waals surface area contributed by atoms with Gasteiger partial charge in [0, 0.05) is 18.0 Å². The first-order valence-electron chi connectivity index (χ1n) is 8.07. The molecule has 3 heterocycles. The van der Waals surface area contributed by atoms with Crippen LogP contribution in [0.15, 0.2) is 17.5 Å². The van der Waals surface area contributed by atoms with Gasteiger partial charge in [-0.3, -0.25) is 9.69 Å². The van der Waals surface area contributed by atoms with Gasteiger partial charge in [-0.05, 0) is 62.7 Å². The molecule has 1 aromatic heterocycles. The molecule has 2 aliphatic rings. The lowest BCUT2D eigenvalue weighted by molar-refractivity contribution is -0.123. The van der Waals surface area contributed by atoms with Crippen molar-refractivity contribution in [3.8, 4) is 0 Å². The van der Waals surface area contributed by atoms with Crippen molar-refractivity contribution in [2.24, 2.45) is 5.92 Å². The van der Waals surface area contributed by atoms with Crippen LogP contribution in [0.25, 0.3) is 0 Å². The van der Waals surface area contributed by atoms with Crippen molar-refractivity contribution in [1.82, 2.24) is 15.5 Å². The van der Waals surface area contributed by atoms with Crippen molar-refractivity contribution < 1.29 is 4.79 Å². The average Bonchev–Trinajstić information content (AvgIpc) is 3.19. The molecule has 3 rings (SSSR count). The second kappa shape index (κ2) is 7.38. The van der Waals surface area contributed by atoms with Crippen LogP contribution in [-0.4, -0.2) is 43.0 Å². The Balaban J connectivity index is 1.34. The molecule has 116 valence electrons. The summed E-state index contributed by atoms with van der Waals surface area (Å²) in [6.45, 7) is 5.23. The molecule has 4 nitrogen and oxygen atoms in total. The predicted octanol–water partition coefficient (Wildman–Crippen LogP) is 1.83. The van der Waals surface area contributed by atoms with E-state index in [4.69, 9.17) is 0 Å². The highest BCUT2D eigenvalue weighted by molar-refractivity contribution is 7.09. The zero-order chi connectivity index (χ0) is 14.5. The van der Waals surface area contributed by atoms with E-state index in [9.17, 15) is 4.79 Å². The minimum atomic E-state index is 0.0592. The van der Waals surface area contributed by atoms with Gasteiger partial charge in [-0.1, -0.05) is 6.07 Å². The lowest BCUT2D eigenvalue weighted by Crippen LogP contribution is -2.44. The largest absolute Gasteiger partial charge is 0.354 e. The molecule has 1 atom stereocenters. The number of thiophene rings is 1. The molecule has 2 saturated heterocycles. The normalized spacial score (nSPS) is 24.3. The fourth-order valence-electron chi connectivity index (χ4n) is 3.25. The first kappa shape index (κ1) is 15.0. The molecule has 5 heteroatoms. The number of likely N-dealkylation sites (tertiary alicyclic amines) is 1.